The molecule has 6 N–H and O–H groups in total. The summed E-state index contributed by atoms with van der Waals surface area (Å²) < 4.78 is 22.7. The molecule has 0 saturated heterocycles. The van der Waals surface area contributed by atoms with Crippen LogP contribution in [0.15, 0.2) is 65.6 Å². The summed E-state index contributed by atoms with van der Waals surface area (Å²) in [5.41, 5.74) is 15.7. The van der Waals surface area contributed by atoms with E-state index in [9.17, 15) is 13.2 Å². The van der Waals surface area contributed by atoms with E-state index in [1.165, 1.54) is 12.1 Å². The molecule has 8 heteroatoms. The fourth-order valence-corrected chi connectivity index (χ4v) is 3.70. The van der Waals surface area contributed by atoms with Crippen molar-refractivity contribution in [3.63, 3.8) is 0 Å². The van der Waals surface area contributed by atoms with Crippen LogP contribution in [0.4, 0.5) is 5.69 Å². The molecule has 1 amide bonds. The van der Waals surface area contributed by atoms with E-state index in [2.05, 4.69) is 0 Å². The zero-order chi connectivity index (χ0) is 21.2. The number of nitrogens with two attached hydrogens (primary N) is 3. The largest absolute Gasteiger partial charge is 0.398 e. The topological polar surface area (TPSA) is 129 Å². The Morgan fingerprint density at radius 1 is 0.897 bits per heavy atom. The highest BCUT2D eigenvalue weighted by Gasteiger charge is 2.14. The third-order valence-electron chi connectivity index (χ3n) is 4.64. The number of rotatable bonds is 6. The summed E-state index contributed by atoms with van der Waals surface area (Å²) in [6.45, 7) is 0. The highest BCUT2D eigenvalue weighted by Crippen LogP contribution is 2.29. The van der Waals surface area contributed by atoms with Gasteiger partial charge >= 0.3 is 0 Å². The van der Waals surface area contributed by atoms with Crippen LogP contribution in [0.1, 0.15) is 21.5 Å². The molecular weight excluding hydrogens is 410 g/mol. The average molecular weight is 430 g/mol. The molecule has 6 nitrogen and oxygen atoms in total. The molecule has 0 atom stereocenters. The van der Waals surface area contributed by atoms with Crippen LogP contribution in [0.25, 0.3) is 11.1 Å². The molecule has 0 spiro atoms. The maximum Gasteiger partial charge on any atom is 0.250 e. The zero-order valence-corrected chi connectivity index (χ0v) is 17.0. The first-order chi connectivity index (χ1) is 13.6. The van der Waals surface area contributed by atoms with Crippen molar-refractivity contribution in [1.29, 1.82) is 0 Å². The van der Waals surface area contributed by atoms with Crippen molar-refractivity contribution in [2.24, 2.45) is 10.9 Å². The SMILES string of the molecule is NC(=O)c1cc(-c2ccc(Cl)cc2)cc(CCc2ccc(S(N)(=O)=O)cc2)c1N. The fourth-order valence-electron chi connectivity index (χ4n) is 3.06. The molecule has 3 rings (SSSR count). The second kappa shape index (κ2) is 8.24. The summed E-state index contributed by atoms with van der Waals surface area (Å²) >= 11 is 5.95. The van der Waals surface area contributed by atoms with Gasteiger partial charge in [-0.1, -0.05) is 35.9 Å². The number of aryl methyl sites for hydroxylation is 2. The monoisotopic (exact) mass is 429 g/mol. The van der Waals surface area contributed by atoms with Gasteiger partial charge in [-0.15, -0.1) is 0 Å². The Morgan fingerprint density at radius 3 is 2.07 bits per heavy atom. The lowest BCUT2D eigenvalue weighted by Crippen LogP contribution is -2.15. The Kier molecular flexibility index (Phi) is 5.93. The van der Waals surface area contributed by atoms with Gasteiger partial charge in [-0.05, 0) is 71.5 Å². The number of carbonyl (C=O) groups excluding carboxylic acids is 1. The summed E-state index contributed by atoms with van der Waals surface area (Å²) in [5, 5.41) is 5.73. The van der Waals surface area contributed by atoms with Crippen LogP contribution in [0, 0.1) is 0 Å². The number of hydrogen-bond donors (Lipinski definition) is 3. The van der Waals surface area contributed by atoms with Crippen molar-refractivity contribution >= 4 is 33.2 Å². The van der Waals surface area contributed by atoms with Crippen molar-refractivity contribution in [2.75, 3.05) is 5.73 Å². The highest BCUT2D eigenvalue weighted by atomic mass is 35.5. The maximum atomic E-state index is 11.9. The van der Waals surface area contributed by atoms with Crippen LogP contribution < -0.4 is 16.6 Å². The molecule has 0 fully saturated rings. The molecule has 0 radical (unpaired) electrons. The highest BCUT2D eigenvalue weighted by molar-refractivity contribution is 7.89. The first-order valence-corrected chi connectivity index (χ1v) is 10.7. The predicted molar refractivity (Wildman–Crippen MR) is 115 cm³/mol. The molecule has 3 aromatic carbocycles. The van der Waals surface area contributed by atoms with Crippen LogP contribution in [0.5, 0.6) is 0 Å². The van der Waals surface area contributed by atoms with Gasteiger partial charge in [0.1, 0.15) is 0 Å². The molecule has 3 aromatic rings. The lowest BCUT2D eigenvalue weighted by Gasteiger charge is -2.13. The first kappa shape index (κ1) is 20.9. The summed E-state index contributed by atoms with van der Waals surface area (Å²) in [5.74, 6) is -0.600. The van der Waals surface area contributed by atoms with Gasteiger partial charge < -0.3 is 11.5 Å². The number of halogens is 1. The normalized spacial score (nSPS) is 11.4. The van der Waals surface area contributed by atoms with Gasteiger partial charge in [0.15, 0.2) is 0 Å². The van der Waals surface area contributed by atoms with Crippen LogP contribution in [0.2, 0.25) is 5.02 Å². The maximum absolute atomic E-state index is 11.9. The third kappa shape index (κ3) is 4.95. The predicted octanol–water partition coefficient (Wildman–Crippen LogP) is 3.12. The number of sulfonamides is 1. The molecule has 0 aliphatic heterocycles. The Bertz CT molecular complexity index is 1160. The van der Waals surface area contributed by atoms with Crippen molar-refractivity contribution in [3.05, 3.63) is 82.4 Å². The molecule has 0 aromatic heterocycles. The molecule has 29 heavy (non-hydrogen) atoms. The Hall–Kier alpha value is -2.87. The number of primary sulfonamides is 1. The van der Waals surface area contributed by atoms with E-state index >= 15 is 0 Å². The molecule has 0 unspecified atom stereocenters. The minimum Gasteiger partial charge on any atom is -0.398 e. The second-order valence-corrected chi connectivity index (χ2v) is 8.65. The Balaban J connectivity index is 1.91. The van der Waals surface area contributed by atoms with E-state index in [0.717, 1.165) is 22.3 Å². The van der Waals surface area contributed by atoms with Gasteiger partial charge in [0.25, 0.3) is 5.91 Å². The lowest BCUT2D eigenvalue weighted by molar-refractivity contribution is 0.100. The van der Waals surface area contributed by atoms with Crippen LogP contribution >= 0.6 is 11.6 Å². The van der Waals surface area contributed by atoms with Gasteiger partial charge in [0.2, 0.25) is 10.0 Å². The molecule has 150 valence electrons. The molecule has 0 heterocycles. The number of benzene rings is 3. The first-order valence-electron chi connectivity index (χ1n) is 8.75. The molecule has 0 aliphatic rings. The number of anilines is 1. The van der Waals surface area contributed by atoms with Crippen LogP contribution in [-0.4, -0.2) is 14.3 Å². The van der Waals surface area contributed by atoms with Crippen LogP contribution in [-0.2, 0) is 22.9 Å². The number of nitrogen functional groups attached to an aromatic ring is 1. The van der Waals surface area contributed by atoms with Crippen molar-refractivity contribution in [3.8, 4) is 11.1 Å². The van der Waals surface area contributed by atoms with Crippen molar-refractivity contribution in [2.45, 2.75) is 17.7 Å². The molecule has 0 aliphatic carbocycles. The van der Waals surface area contributed by atoms with Crippen molar-refractivity contribution in [1.82, 2.24) is 0 Å². The van der Waals surface area contributed by atoms with E-state index in [-0.39, 0.29) is 10.5 Å². The van der Waals surface area contributed by atoms with Gasteiger partial charge in [-0.25, -0.2) is 13.6 Å². The van der Waals surface area contributed by atoms with E-state index in [4.69, 9.17) is 28.2 Å². The summed E-state index contributed by atoms with van der Waals surface area (Å²) in [6, 6.07) is 17.2. The number of hydrogen-bond acceptors (Lipinski definition) is 4. The molecular formula is C21H20ClN3O3S. The minimum atomic E-state index is -3.73. The van der Waals surface area contributed by atoms with E-state index in [1.807, 2.05) is 18.2 Å². The fraction of sp³-hybridized carbons (Fsp3) is 0.0952. The van der Waals surface area contributed by atoms with E-state index in [1.54, 1.807) is 30.3 Å². The zero-order valence-electron chi connectivity index (χ0n) is 15.4. The Morgan fingerprint density at radius 2 is 1.52 bits per heavy atom. The average Bonchev–Trinajstić information content (AvgIpc) is 2.67. The number of amides is 1. The van der Waals surface area contributed by atoms with E-state index in [0.29, 0.717) is 23.6 Å². The Labute approximate surface area is 174 Å². The lowest BCUT2D eigenvalue weighted by atomic mass is 9.94. The van der Waals surface area contributed by atoms with Crippen LogP contribution in [0.3, 0.4) is 0 Å². The second-order valence-electron chi connectivity index (χ2n) is 6.66. The summed E-state index contributed by atoms with van der Waals surface area (Å²) in [7, 11) is -3.73. The summed E-state index contributed by atoms with van der Waals surface area (Å²) in [4.78, 5) is 11.9. The third-order valence-corrected chi connectivity index (χ3v) is 5.82. The summed E-state index contributed by atoms with van der Waals surface area (Å²) in [6.07, 6.45) is 1.14. The van der Waals surface area contributed by atoms with Crippen molar-refractivity contribution < 1.29 is 13.2 Å². The minimum absolute atomic E-state index is 0.0570. The standard InChI is InChI=1S/C21H20ClN3O3S/c22-17-7-5-14(6-8-17)16-11-15(20(23)19(12-16)21(24)26)4-1-13-2-9-18(10-3-13)29(25,27)28/h2-3,5-12H,1,4,23H2,(H2,24,26)(H2,25,27,28). The van der Waals surface area contributed by atoms with Gasteiger partial charge in [0.05, 0.1) is 10.5 Å². The molecule has 0 saturated carbocycles. The van der Waals surface area contributed by atoms with E-state index < -0.39 is 15.9 Å². The quantitative estimate of drug-likeness (QED) is 0.519. The van der Waals surface area contributed by atoms with Gasteiger partial charge in [-0.3, -0.25) is 4.79 Å². The smallest absolute Gasteiger partial charge is 0.250 e. The van der Waals surface area contributed by atoms with Gasteiger partial charge in [-0.2, -0.15) is 0 Å². The number of primary amides is 1. The van der Waals surface area contributed by atoms with Gasteiger partial charge in [0, 0.05) is 10.7 Å². The molecule has 0 bridgehead atoms. The number of carbonyl (C=O) groups is 1.